The number of rotatable bonds is 64. The van der Waals surface area contributed by atoms with Crippen LogP contribution >= 0.6 is 55.4 Å². The van der Waals surface area contributed by atoms with Crippen LogP contribution in [0.15, 0.2) is 58.5 Å². The fraction of sp³-hybridized carbons (Fsp3) is 0.703. The van der Waals surface area contributed by atoms with Crippen molar-refractivity contribution in [3.05, 3.63) is 59.7 Å². The number of thioether (sulfide) groups is 2. The third-order valence-corrected chi connectivity index (χ3v) is 28.4. The number of hydrogen-bond acceptors (Lipinski definition) is 30. The van der Waals surface area contributed by atoms with Crippen LogP contribution in [-0.4, -0.2) is 304 Å². The van der Waals surface area contributed by atoms with E-state index in [4.69, 9.17) is 53.3 Å². The smallest absolute Gasteiger partial charge is 0.239 e. The number of ketones is 8. The van der Waals surface area contributed by atoms with Crippen molar-refractivity contribution in [1.29, 1.82) is 0 Å². The highest BCUT2D eigenvalue weighted by Crippen LogP contribution is 2.26. The number of nitrogens with zero attached hydrogens (tertiary/aromatic N) is 2. The molecule has 145 heavy (non-hydrogen) atoms. The maximum Gasteiger partial charge on any atom is 0.239 e. The molecule has 2 aromatic rings. The van der Waals surface area contributed by atoms with E-state index < -0.39 is 65.8 Å². The van der Waals surface area contributed by atoms with Crippen LogP contribution < -0.4 is 87.6 Å². The highest BCUT2D eigenvalue weighted by Gasteiger charge is 2.33. The molecule has 8 amide bonds. The molecule has 2 aliphatic rings. The lowest BCUT2D eigenvalue weighted by Gasteiger charge is -2.25. The molecule has 0 unspecified atom stereocenters. The first-order chi connectivity index (χ1) is 69.5. The molecule has 12 atom stereocenters. The van der Waals surface area contributed by atoms with Crippen LogP contribution in [0.1, 0.15) is 225 Å². The molecule has 0 spiro atoms. The molecule has 0 aromatic heterocycles. The number of ether oxygens (including phenoxy) is 4. The van der Waals surface area contributed by atoms with Crippen LogP contribution in [0.5, 0.6) is 11.5 Å². The Hall–Kier alpha value is -8.96. The van der Waals surface area contributed by atoms with Gasteiger partial charge in [-0.05, 0) is 199 Å². The molecule has 0 radical (unpaired) electrons. The number of alkyl halides is 2. The minimum absolute atomic E-state index is 0.00781. The molecule has 4 rings (SSSR count). The van der Waals surface area contributed by atoms with Crippen LogP contribution in [0.3, 0.4) is 0 Å². The molecule has 818 valence electrons. The predicted molar refractivity (Wildman–Crippen MR) is 570 cm³/mol. The van der Waals surface area contributed by atoms with Crippen molar-refractivity contribution in [2.24, 2.45) is 79.9 Å². The summed E-state index contributed by atoms with van der Waals surface area (Å²) in [6, 6.07) is 8.55. The van der Waals surface area contributed by atoms with E-state index >= 15 is 0 Å². The fourth-order valence-corrected chi connectivity index (χ4v) is 18.3. The Labute approximate surface area is 880 Å². The number of guanidine groups is 2. The Morgan fingerprint density at radius 3 is 1.23 bits per heavy atom. The number of carbonyl (C=O) groups is 16. The van der Waals surface area contributed by atoms with E-state index in [2.05, 4.69) is 95.0 Å². The first-order valence-electron chi connectivity index (χ1n) is 51.2. The Kier molecular flexibility index (Phi) is 71.9. The first kappa shape index (κ1) is 130. The van der Waals surface area contributed by atoms with Crippen LogP contribution in [0.4, 0.5) is 0 Å². The molecule has 44 heteroatoms. The summed E-state index contributed by atoms with van der Waals surface area (Å²) in [4.78, 5) is 216. The number of carbonyl (C=O) groups excluding carboxylic acids is 16. The average molecular weight is 2210 g/mol. The van der Waals surface area contributed by atoms with E-state index in [1.807, 2.05) is 27.7 Å². The van der Waals surface area contributed by atoms with Gasteiger partial charge in [0.2, 0.25) is 47.3 Å². The van der Waals surface area contributed by atoms with Crippen molar-refractivity contribution >= 4 is 161 Å². The number of amides is 8. The standard InChI is InChI=1S/C51H84BrN9O11S.C50H82BrN9O11S/c1-3-35(2)49-44(65)18-14-38(9-4-5-22-56-46(67)20-26-72-28-27-71-25-7-10-40(63)31-52)45(66)33-60-41(21-29-73-34-48(69)57-24-19-47(68)61-49)43(64)17-13-37(8-6-23-58-51(54)55)32-59-42(50(53)70)30-36-11-15-39(62)16-12-36;1-3-34(2)48-43(64)18-14-37(9-4-5-21-55-45(66)19-24-71-26-25-70-23-7-10-39(62)29-51)44(65)31-58-40(20-27-72-33-47(68)59-32-46(67)60-48)42(63)17-13-36(8-6-22-56-50(53)54)30-57-41(49(52)69)28-35-11-15-38(61)16-12-35/h11-12,15-16,35,37-38,41-42,49,59-60,62H,3-10,13-14,17-34H2,1-2H3,(H2,53,70)(H,56,67)(H,57,69)(H,61,68)(H4,54,55,58);11-12,15-16,34,36-37,40-41,48,57-58,61H,3-10,13-14,17-33H2,1-2H3,(H2,52,69)(H,55,66)(H,59,68)(H,60,67)(H4,53,54,56)/t35-,37+,38+,41-,42-,49-;34-,36+,37+,40-,41-,48-/m00/s1. The number of phenols is 2. The van der Waals surface area contributed by atoms with Gasteiger partial charge in [0.25, 0.3) is 0 Å². The minimum Gasteiger partial charge on any atom is -0.508 e. The predicted octanol–water partition coefficient (Wildman–Crippen LogP) is 4.65. The summed E-state index contributed by atoms with van der Waals surface area (Å²) in [5.74, 6) is -4.20. The number of primary amides is 2. The van der Waals surface area contributed by atoms with Gasteiger partial charge in [0.1, 0.15) is 46.2 Å². The van der Waals surface area contributed by atoms with E-state index in [0.717, 1.165) is 11.1 Å². The minimum atomic E-state index is -0.803. The van der Waals surface area contributed by atoms with Gasteiger partial charge in [0, 0.05) is 116 Å². The van der Waals surface area contributed by atoms with E-state index in [9.17, 15) is 86.9 Å². The Morgan fingerprint density at radius 2 is 0.841 bits per heavy atom. The number of halogens is 2. The number of aliphatic imine (C=N–C) groups is 2. The molecular formula is C101H166Br2N18O22S2. The van der Waals surface area contributed by atoms with E-state index in [0.29, 0.717) is 242 Å². The molecule has 40 nitrogen and oxygen atoms in total. The van der Waals surface area contributed by atoms with Gasteiger partial charge < -0.3 is 117 Å². The van der Waals surface area contributed by atoms with E-state index in [1.54, 1.807) is 24.3 Å². The summed E-state index contributed by atoms with van der Waals surface area (Å²) in [5.41, 5.74) is 35.4. The normalized spacial score (nSPS) is 18.9. The average Bonchev–Trinajstić information content (AvgIpc) is 1.22. The molecule has 2 aliphatic heterocycles. The Bertz CT molecular complexity index is 4260. The van der Waals surface area contributed by atoms with Crippen molar-refractivity contribution in [2.45, 2.75) is 263 Å². The number of unbranched alkanes of at least 4 members (excludes halogenated alkanes) is 2. The van der Waals surface area contributed by atoms with Gasteiger partial charge >= 0.3 is 0 Å². The molecule has 2 heterocycles. The van der Waals surface area contributed by atoms with E-state index in [-0.39, 0.29) is 232 Å². The van der Waals surface area contributed by atoms with Crippen molar-refractivity contribution in [1.82, 2.24) is 53.2 Å². The lowest BCUT2D eigenvalue weighted by Crippen LogP contribution is -2.49. The van der Waals surface area contributed by atoms with Crippen molar-refractivity contribution in [3.8, 4) is 11.5 Å². The summed E-state index contributed by atoms with van der Waals surface area (Å²) in [7, 11) is 0. The van der Waals surface area contributed by atoms with Crippen LogP contribution in [-0.2, 0) is 109 Å². The number of aromatic hydroxyl groups is 2. The second-order valence-electron chi connectivity index (χ2n) is 36.9. The summed E-state index contributed by atoms with van der Waals surface area (Å²) in [6.45, 7) is 12.1. The van der Waals surface area contributed by atoms with Gasteiger partial charge in [0.15, 0.2) is 23.5 Å². The second kappa shape index (κ2) is 80.1. The molecule has 0 bridgehead atoms. The zero-order valence-corrected chi connectivity index (χ0v) is 90.2. The molecule has 2 fully saturated rings. The summed E-state index contributed by atoms with van der Waals surface area (Å²) >= 11 is 8.91. The maximum atomic E-state index is 14.2. The highest BCUT2D eigenvalue weighted by molar-refractivity contribution is 9.09. The van der Waals surface area contributed by atoms with E-state index in [1.165, 1.54) is 47.8 Å². The number of phenolic OH excluding ortho intramolecular Hbond substituents is 2. The largest absolute Gasteiger partial charge is 0.508 e. The van der Waals surface area contributed by atoms with Crippen LogP contribution in [0, 0.1) is 35.5 Å². The third-order valence-electron chi connectivity index (χ3n) is 25.2. The quantitative estimate of drug-likeness (QED) is 0.0185. The van der Waals surface area contributed by atoms with Gasteiger partial charge in [0.05, 0.1) is 118 Å². The number of nitrogens with one attached hydrogen (secondary N) is 10. The molecular weight excluding hydrogens is 2040 g/mol. The third kappa shape index (κ3) is 63.5. The summed E-state index contributed by atoms with van der Waals surface area (Å²) in [6.07, 6.45) is 12.4. The molecule has 2 saturated heterocycles. The number of benzene rings is 2. The molecule has 2 aromatic carbocycles. The lowest BCUT2D eigenvalue weighted by atomic mass is 9.87. The molecule has 24 N–H and O–H groups in total. The highest BCUT2D eigenvalue weighted by atomic mass is 79.9. The van der Waals surface area contributed by atoms with Gasteiger partial charge in [-0.3, -0.25) is 86.7 Å². The zero-order chi connectivity index (χ0) is 107. The first-order valence-corrected chi connectivity index (χ1v) is 55.7. The van der Waals surface area contributed by atoms with Gasteiger partial charge in [-0.1, -0.05) is 110 Å². The van der Waals surface area contributed by atoms with Crippen LogP contribution in [0.2, 0.25) is 0 Å². The second-order valence-corrected chi connectivity index (χ2v) is 40.3. The Balaban J connectivity index is 0.000000745. The summed E-state index contributed by atoms with van der Waals surface area (Å²) in [5, 5.41) is 50.0. The molecule has 0 aliphatic carbocycles. The topological polar surface area (TPSA) is 652 Å². The van der Waals surface area contributed by atoms with Crippen molar-refractivity contribution < 1.29 is 106 Å². The van der Waals surface area contributed by atoms with Crippen molar-refractivity contribution in [3.63, 3.8) is 0 Å². The SMILES string of the molecule is CC[C@H](C)[C@@H]1NC(=O)CCNC(=O)CSCC[C@@H](C(=O)CC[C@@H](CCCN=C(N)N)CN[C@@H](Cc2ccc(O)cc2)C(N)=O)NCC(=O)[C@H](CCCCNC(=O)CCOCCOCCCC(=O)CBr)CCC1=O.CC[C@H](C)[C@@H]1NC(=O)CNC(=O)CSCC[C@@H](C(=O)CC[C@@H](CCCN=C(N)N)CN[C@@H](Cc2ccc(O)cc2)C(N)=O)NCC(=O)[C@H](CCCCNC(=O)CCOCCOCCCC(=O)CBr)CCC1=O. The number of hydrogen-bond donors (Lipinski definition) is 18. The summed E-state index contributed by atoms with van der Waals surface area (Å²) < 4.78 is 21.9. The zero-order valence-electron chi connectivity index (χ0n) is 85.4. The monoisotopic (exact) mass is 2210 g/mol. The van der Waals surface area contributed by atoms with Gasteiger partial charge in [-0.2, -0.15) is 23.5 Å². The Morgan fingerprint density at radius 1 is 0.448 bits per heavy atom. The number of Topliss-reactive ketones (excluding diaryl/α,β-unsaturated/α-hetero) is 8. The lowest BCUT2D eigenvalue weighted by molar-refractivity contribution is -0.130. The maximum absolute atomic E-state index is 14.2. The number of nitrogens with two attached hydrogens (primary N) is 6. The molecule has 0 saturated carbocycles. The van der Waals surface area contributed by atoms with Crippen LogP contribution in [0.25, 0.3) is 0 Å². The van der Waals surface area contributed by atoms with Crippen molar-refractivity contribution in [2.75, 3.05) is 152 Å². The fourth-order valence-electron chi connectivity index (χ4n) is 16.0. The van der Waals surface area contributed by atoms with Gasteiger partial charge in [-0.25, -0.2) is 0 Å². The van der Waals surface area contributed by atoms with Gasteiger partial charge in [-0.15, -0.1) is 0 Å².